The molecule has 1 aromatic carbocycles. The molecule has 24 heavy (non-hydrogen) atoms. The molecule has 0 aliphatic carbocycles. The van der Waals surface area contributed by atoms with Crippen molar-refractivity contribution < 1.29 is 0 Å². The van der Waals surface area contributed by atoms with E-state index in [-0.39, 0.29) is 0 Å². The maximum absolute atomic E-state index is 5.99. The predicted octanol–water partition coefficient (Wildman–Crippen LogP) is 2.62. The molecule has 0 saturated carbocycles. The monoisotopic (exact) mass is 324 g/mol. The molecular weight excluding hydrogens is 300 g/mol. The van der Waals surface area contributed by atoms with Gasteiger partial charge < -0.3 is 16.0 Å². The molecule has 1 saturated heterocycles. The average Bonchev–Trinajstić information content (AvgIpc) is 3.07. The summed E-state index contributed by atoms with van der Waals surface area (Å²) in [6, 6.07) is 9.99. The van der Waals surface area contributed by atoms with Crippen molar-refractivity contribution in [3.05, 3.63) is 47.3 Å². The van der Waals surface area contributed by atoms with Crippen molar-refractivity contribution in [2.75, 3.05) is 23.3 Å². The second kappa shape index (κ2) is 7.29. The topological polar surface area (TPSA) is 79.4 Å². The van der Waals surface area contributed by atoms with Gasteiger partial charge in [-0.2, -0.15) is 0 Å². The van der Waals surface area contributed by atoms with Crippen LogP contribution in [0, 0.1) is 13.8 Å². The maximum atomic E-state index is 5.99. The number of nitrogens with zero attached hydrogens (tertiary/aromatic N) is 4. The lowest BCUT2D eigenvalue weighted by atomic mass is 10.2. The number of aryl methyl sites for hydroxylation is 2. The van der Waals surface area contributed by atoms with Gasteiger partial charge in [-0.15, -0.1) is 0 Å². The Balaban J connectivity index is 1.68. The van der Waals surface area contributed by atoms with E-state index in [9.17, 15) is 0 Å². The first kappa shape index (κ1) is 16.2. The Morgan fingerprint density at radius 1 is 1.21 bits per heavy atom. The fourth-order valence-electron chi connectivity index (χ4n) is 2.83. The molecule has 1 aromatic heterocycles. The normalized spacial score (nSPS) is 14.9. The quantitative estimate of drug-likeness (QED) is 0.667. The zero-order valence-corrected chi connectivity index (χ0v) is 14.3. The highest BCUT2D eigenvalue weighted by Gasteiger charge is 2.15. The molecule has 0 atom stereocenters. The number of aliphatic imine (C=N–C) groups is 1. The minimum atomic E-state index is 0.389. The van der Waals surface area contributed by atoms with Gasteiger partial charge in [-0.1, -0.05) is 12.1 Å². The minimum absolute atomic E-state index is 0.389. The summed E-state index contributed by atoms with van der Waals surface area (Å²) in [5.74, 6) is 1.20. The van der Waals surface area contributed by atoms with Crippen molar-refractivity contribution in [2.45, 2.75) is 33.2 Å². The number of hydrogen-bond donors (Lipinski definition) is 2. The van der Waals surface area contributed by atoms with Gasteiger partial charge in [0.05, 0.1) is 12.2 Å². The van der Waals surface area contributed by atoms with Crippen LogP contribution < -0.4 is 16.0 Å². The number of benzene rings is 1. The first-order chi connectivity index (χ1) is 11.6. The van der Waals surface area contributed by atoms with Crippen LogP contribution in [0.3, 0.4) is 0 Å². The molecule has 1 fully saturated rings. The third-order valence-electron chi connectivity index (χ3n) is 3.99. The molecular formula is C18H24N6. The van der Waals surface area contributed by atoms with E-state index < -0.39 is 0 Å². The van der Waals surface area contributed by atoms with Gasteiger partial charge in [-0.05, 0) is 50.5 Å². The summed E-state index contributed by atoms with van der Waals surface area (Å²) in [7, 11) is 0. The Kier molecular flexibility index (Phi) is 4.93. The lowest BCUT2D eigenvalue weighted by Gasteiger charge is -2.16. The van der Waals surface area contributed by atoms with Crippen LogP contribution in [0.15, 0.2) is 35.3 Å². The molecule has 6 heteroatoms. The van der Waals surface area contributed by atoms with Crippen molar-refractivity contribution in [3.8, 4) is 0 Å². The van der Waals surface area contributed by atoms with Gasteiger partial charge in [-0.25, -0.2) is 15.0 Å². The summed E-state index contributed by atoms with van der Waals surface area (Å²) < 4.78 is 0. The van der Waals surface area contributed by atoms with Crippen LogP contribution in [0.1, 0.15) is 29.8 Å². The standard InChI is InChI=1S/C18H24N6/c1-13-6-5-7-15(10-13)22-17(19)20-12-16-11-14(2)21-18(23-16)24-8-3-4-9-24/h5-7,10-11H,3-4,8-9,12H2,1-2H3,(H3,19,20,22). The molecule has 2 heterocycles. The largest absolute Gasteiger partial charge is 0.370 e. The van der Waals surface area contributed by atoms with Crippen molar-refractivity contribution >= 4 is 17.6 Å². The fourth-order valence-corrected chi connectivity index (χ4v) is 2.83. The number of aromatic nitrogens is 2. The maximum Gasteiger partial charge on any atom is 0.225 e. The summed E-state index contributed by atoms with van der Waals surface area (Å²) >= 11 is 0. The molecule has 2 aromatic rings. The highest BCUT2D eigenvalue weighted by molar-refractivity contribution is 5.92. The van der Waals surface area contributed by atoms with E-state index in [1.54, 1.807) is 0 Å². The predicted molar refractivity (Wildman–Crippen MR) is 98.3 cm³/mol. The van der Waals surface area contributed by atoms with Crippen LogP contribution >= 0.6 is 0 Å². The number of anilines is 2. The summed E-state index contributed by atoms with van der Waals surface area (Å²) in [5, 5.41) is 3.11. The SMILES string of the molecule is Cc1cccc(NC(N)=NCc2cc(C)nc(N3CCCC3)n2)c1. The third-order valence-corrected chi connectivity index (χ3v) is 3.99. The van der Waals surface area contributed by atoms with E-state index in [1.807, 2.05) is 44.2 Å². The lowest BCUT2D eigenvalue weighted by Crippen LogP contribution is -2.23. The Labute approximate surface area is 142 Å². The van der Waals surface area contributed by atoms with Gasteiger partial charge in [0.25, 0.3) is 0 Å². The van der Waals surface area contributed by atoms with Gasteiger partial charge >= 0.3 is 0 Å². The molecule has 6 nitrogen and oxygen atoms in total. The molecule has 0 amide bonds. The molecule has 0 spiro atoms. The van der Waals surface area contributed by atoms with Crippen LogP contribution in [0.25, 0.3) is 0 Å². The first-order valence-corrected chi connectivity index (χ1v) is 8.33. The second-order valence-corrected chi connectivity index (χ2v) is 6.19. The number of rotatable bonds is 4. The Morgan fingerprint density at radius 2 is 2.00 bits per heavy atom. The molecule has 1 aliphatic rings. The summed E-state index contributed by atoms with van der Waals surface area (Å²) in [6.45, 7) is 6.53. The van der Waals surface area contributed by atoms with E-state index in [0.29, 0.717) is 12.5 Å². The highest BCUT2D eigenvalue weighted by Crippen LogP contribution is 2.17. The van der Waals surface area contributed by atoms with Crippen molar-refractivity contribution in [1.82, 2.24) is 9.97 Å². The lowest BCUT2D eigenvalue weighted by molar-refractivity contribution is 0.857. The summed E-state index contributed by atoms with van der Waals surface area (Å²) in [6.07, 6.45) is 2.41. The van der Waals surface area contributed by atoms with Gasteiger partial charge in [0.15, 0.2) is 5.96 Å². The molecule has 0 unspecified atom stereocenters. The molecule has 3 rings (SSSR count). The Hall–Kier alpha value is -2.63. The van der Waals surface area contributed by atoms with Crippen LogP contribution in [-0.4, -0.2) is 29.0 Å². The van der Waals surface area contributed by atoms with Crippen molar-refractivity contribution in [3.63, 3.8) is 0 Å². The molecule has 1 aliphatic heterocycles. The van der Waals surface area contributed by atoms with Crippen LogP contribution in [-0.2, 0) is 6.54 Å². The van der Waals surface area contributed by atoms with E-state index in [2.05, 4.69) is 25.2 Å². The van der Waals surface area contributed by atoms with E-state index >= 15 is 0 Å². The molecule has 0 radical (unpaired) electrons. The fraction of sp³-hybridized carbons (Fsp3) is 0.389. The minimum Gasteiger partial charge on any atom is -0.370 e. The molecule has 126 valence electrons. The molecule has 3 N–H and O–H groups in total. The van der Waals surface area contributed by atoms with E-state index in [1.165, 1.54) is 18.4 Å². The Bertz CT molecular complexity index is 734. The van der Waals surface area contributed by atoms with Crippen LogP contribution in [0.5, 0.6) is 0 Å². The average molecular weight is 324 g/mol. The molecule has 0 bridgehead atoms. The van der Waals surface area contributed by atoms with Gasteiger partial charge in [0, 0.05) is 24.5 Å². The number of guanidine groups is 1. The first-order valence-electron chi connectivity index (χ1n) is 8.33. The second-order valence-electron chi connectivity index (χ2n) is 6.19. The van der Waals surface area contributed by atoms with Crippen molar-refractivity contribution in [1.29, 1.82) is 0 Å². The smallest absolute Gasteiger partial charge is 0.225 e. The van der Waals surface area contributed by atoms with Crippen LogP contribution in [0.2, 0.25) is 0 Å². The van der Waals surface area contributed by atoms with Crippen molar-refractivity contribution in [2.24, 2.45) is 10.7 Å². The Morgan fingerprint density at radius 3 is 2.75 bits per heavy atom. The highest BCUT2D eigenvalue weighted by atomic mass is 15.3. The van der Waals surface area contributed by atoms with Gasteiger partial charge in [-0.3, -0.25) is 0 Å². The zero-order valence-electron chi connectivity index (χ0n) is 14.3. The van der Waals surface area contributed by atoms with Gasteiger partial charge in [0.1, 0.15) is 0 Å². The number of hydrogen-bond acceptors (Lipinski definition) is 4. The summed E-state index contributed by atoms with van der Waals surface area (Å²) in [5.41, 5.74) is 9.95. The zero-order chi connectivity index (χ0) is 16.9. The van der Waals surface area contributed by atoms with E-state index in [4.69, 9.17) is 5.73 Å². The number of nitrogens with one attached hydrogen (secondary N) is 1. The van der Waals surface area contributed by atoms with Crippen LogP contribution in [0.4, 0.5) is 11.6 Å². The van der Waals surface area contributed by atoms with Gasteiger partial charge in [0.2, 0.25) is 5.95 Å². The third kappa shape index (κ3) is 4.22. The summed E-state index contributed by atoms with van der Waals surface area (Å²) in [4.78, 5) is 15.8. The van der Waals surface area contributed by atoms with E-state index in [0.717, 1.165) is 36.1 Å². The number of nitrogens with two attached hydrogens (primary N) is 1.